The number of amides is 3. The SMILES string of the molecule is O=C(Nc1cccc([N+](=O)[O-])c1)C1CCN(C(=O)NC2CC2)CC1. The average molecular weight is 332 g/mol. The summed E-state index contributed by atoms with van der Waals surface area (Å²) in [5, 5.41) is 16.4. The van der Waals surface area contributed by atoms with Crippen LogP contribution in [0.3, 0.4) is 0 Å². The molecule has 3 amide bonds. The van der Waals surface area contributed by atoms with Gasteiger partial charge < -0.3 is 15.5 Å². The predicted octanol–water partition coefficient (Wildman–Crippen LogP) is 2.12. The van der Waals surface area contributed by atoms with Gasteiger partial charge in [0, 0.05) is 42.9 Å². The van der Waals surface area contributed by atoms with Crippen molar-refractivity contribution in [1.82, 2.24) is 10.2 Å². The van der Waals surface area contributed by atoms with Crippen LogP contribution in [0.1, 0.15) is 25.7 Å². The van der Waals surface area contributed by atoms with Gasteiger partial charge in [0.2, 0.25) is 5.91 Å². The molecule has 0 unspecified atom stereocenters. The maximum absolute atomic E-state index is 12.3. The number of carbonyl (C=O) groups excluding carboxylic acids is 2. The lowest BCUT2D eigenvalue weighted by Crippen LogP contribution is -2.46. The van der Waals surface area contributed by atoms with Crippen LogP contribution < -0.4 is 10.6 Å². The van der Waals surface area contributed by atoms with Gasteiger partial charge in [-0.2, -0.15) is 0 Å². The third kappa shape index (κ3) is 4.01. The van der Waals surface area contributed by atoms with Crippen molar-refractivity contribution in [3.05, 3.63) is 34.4 Å². The number of nitro groups is 1. The van der Waals surface area contributed by atoms with Gasteiger partial charge in [0.05, 0.1) is 4.92 Å². The summed E-state index contributed by atoms with van der Waals surface area (Å²) in [5.74, 6) is -0.341. The van der Waals surface area contributed by atoms with Crippen LogP contribution in [0.5, 0.6) is 0 Å². The van der Waals surface area contributed by atoms with E-state index in [0.717, 1.165) is 12.8 Å². The number of hydrogen-bond acceptors (Lipinski definition) is 4. The summed E-state index contributed by atoms with van der Waals surface area (Å²) in [6, 6.07) is 6.17. The molecule has 1 heterocycles. The van der Waals surface area contributed by atoms with E-state index in [2.05, 4.69) is 10.6 Å². The highest BCUT2D eigenvalue weighted by molar-refractivity contribution is 5.93. The van der Waals surface area contributed by atoms with Gasteiger partial charge in [-0.05, 0) is 31.7 Å². The van der Waals surface area contributed by atoms with Crippen LogP contribution in [0.2, 0.25) is 0 Å². The Balaban J connectivity index is 1.50. The van der Waals surface area contributed by atoms with E-state index in [1.807, 2.05) is 0 Å². The third-order valence-electron chi connectivity index (χ3n) is 4.38. The highest BCUT2D eigenvalue weighted by Gasteiger charge is 2.30. The summed E-state index contributed by atoms with van der Waals surface area (Å²) in [4.78, 5) is 36.3. The lowest BCUT2D eigenvalue weighted by atomic mass is 9.96. The molecule has 24 heavy (non-hydrogen) atoms. The van der Waals surface area contributed by atoms with Crippen LogP contribution >= 0.6 is 0 Å². The van der Waals surface area contributed by atoms with E-state index in [9.17, 15) is 19.7 Å². The van der Waals surface area contributed by atoms with Crippen molar-refractivity contribution in [2.75, 3.05) is 18.4 Å². The Morgan fingerprint density at radius 3 is 2.50 bits per heavy atom. The van der Waals surface area contributed by atoms with Gasteiger partial charge in [0.25, 0.3) is 5.69 Å². The first-order valence-electron chi connectivity index (χ1n) is 8.13. The van der Waals surface area contributed by atoms with Gasteiger partial charge in [-0.15, -0.1) is 0 Å². The molecule has 1 aromatic rings. The molecule has 2 aliphatic rings. The van der Waals surface area contributed by atoms with Crippen molar-refractivity contribution >= 4 is 23.3 Å². The molecule has 2 fully saturated rings. The van der Waals surface area contributed by atoms with Crippen LogP contribution in [0.15, 0.2) is 24.3 Å². The molecule has 0 bridgehead atoms. The molecule has 0 atom stereocenters. The van der Waals surface area contributed by atoms with Crippen LogP contribution in [-0.2, 0) is 4.79 Å². The summed E-state index contributed by atoms with van der Waals surface area (Å²) in [6.07, 6.45) is 3.29. The zero-order valence-electron chi connectivity index (χ0n) is 13.2. The summed E-state index contributed by atoms with van der Waals surface area (Å²) in [7, 11) is 0. The fraction of sp³-hybridized carbons (Fsp3) is 0.500. The maximum Gasteiger partial charge on any atom is 0.317 e. The zero-order valence-corrected chi connectivity index (χ0v) is 13.2. The van der Waals surface area contributed by atoms with Gasteiger partial charge >= 0.3 is 6.03 Å². The smallest absolute Gasteiger partial charge is 0.317 e. The molecule has 2 N–H and O–H groups in total. The van der Waals surface area contributed by atoms with Crippen molar-refractivity contribution in [3.63, 3.8) is 0 Å². The molecule has 1 aliphatic carbocycles. The Morgan fingerprint density at radius 2 is 1.88 bits per heavy atom. The number of urea groups is 1. The van der Waals surface area contributed by atoms with Crippen LogP contribution in [0.4, 0.5) is 16.2 Å². The summed E-state index contributed by atoms with van der Waals surface area (Å²) in [5.41, 5.74) is 0.363. The standard InChI is InChI=1S/C16H20N4O4/c21-15(17-13-2-1-3-14(10-13)20(23)24)11-6-8-19(9-7-11)16(22)18-12-4-5-12/h1-3,10-12H,4-9H2,(H,17,21)(H,18,22). The number of hydrogen-bond donors (Lipinski definition) is 2. The second kappa shape index (κ2) is 6.86. The lowest BCUT2D eigenvalue weighted by molar-refractivity contribution is -0.384. The highest BCUT2D eigenvalue weighted by atomic mass is 16.6. The molecule has 0 aromatic heterocycles. The Labute approximate surface area is 139 Å². The third-order valence-corrected chi connectivity index (χ3v) is 4.38. The van der Waals surface area contributed by atoms with E-state index in [0.29, 0.717) is 37.7 Å². The minimum atomic E-state index is -0.493. The Bertz CT molecular complexity index is 651. The van der Waals surface area contributed by atoms with Crippen LogP contribution in [0, 0.1) is 16.0 Å². The number of piperidine rings is 1. The van der Waals surface area contributed by atoms with E-state index in [1.165, 1.54) is 12.1 Å². The predicted molar refractivity (Wildman–Crippen MR) is 87.6 cm³/mol. The summed E-state index contributed by atoms with van der Waals surface area (Å²) in [6.45, 7) is 1.09. The number of anilines is 1. The number of non-ortho nitro benzene ring substituents is 1. The van der Waals surface area contributed by atoms with Crippen molar-refractivity contribution in [1.29, 1.82) is 0 Å². The fourth-order valence-corrected chi connectivity index (χ4v) is 2.78. The highest BCUT2D eigenvalue weighted by Crippen LogP contribution is 2.23. The average Bonchev–Trinajstić information content (AvgIpc) is 3.39. The Kier molecular flexibility index (Phi) is 4.64. The van der Waals surface area contributed by atoms with Gasteiger partial charge in [0.1, 0.15) is 0 Å². The first kappa shape index (κ1) is 16.2. The number of benzene rings is 1. The number of nitro benzene ring substituents is 1. The zero-order chi connectivity index (χ0) is 17.1. The minimum absolute atomic E-state index is 0.0463. The Hall–Kier alpha value is -2.64. The molecular weight excluding hydrogens is 312 g/mol. The molecule has 1 saturated heterocycles. The van der Waals surface area contributed by atoms with E-state index >= 15 is 0 Å². The quantitative estimate of drug-likeness (QED) is 0.651. The molecule has 1 saturated carbocycles. The molecule has 0 radical (unpaired) electrons. The number of likely N-dealkylation sites (tertiary alicyclic amines) is 1. The Morgan fingerprint density at radius 1 is 1.17 bits per heavy atom. The van der Waals surface area contributed by atoms with Crippen molar-refractivity contribution in [2.45, 2.75) is 31.7 Å². The molecule has 128 valence electrons. The van der Waals surface area contributed by atoms with Crippen molar-refractivity contribution in [3.8, 4) is 0 Å². The molecule has 8 heteroatoms. The van der Waals surface area contributed by atoms with Gasteiger partial charge in [-0.1, -0.05) is 6.07 Å². The second-order valence-corrected chi connectivity index (χ2v) is 6.28. The lowest BCUT2D eigenvalue weighted by Gasteiger charge is -2.31. The second-order valence-electron chi connectivity index (χ2n) is 6.28. The number of carbonyl (C=O) groups is 2. The molecular formula is C16H20N4O4. The molecule has 8 nitrogen and oxygen atoms in total. The summed E-state index contributed by atoms with van der Waals surface area (Å²) >= 11 is 0. The van der Waals surface area contributed by atoms with Gasteiger partial charge in [-0.3, -0.25) is 14.9 Å². The molecule has 1 aromatic carbocycles. The van der Waals surface area contributed by atoms with E-state index in [1.54, 1.807) is 17.0 Å². The molecule has 0 spiro atoms. The largest absolute Gasteiger partial charge is 0.335 e. The summed E-state index contributed by atoms with van der Waals surface area (Å²) < 4.78 is 0. The first-order valence-corrected chi connectivity index (χ1v) is 8.13. The monoisotopic (exact) mass is 332 g/mol. The number of rotatable bonds is 4. The molecule has 3 rings (SSSR count). The topological polar surface area (TPSA) is 105 Å². The fourth-order valence-electron chi connectivity index (χ4n) is 2.78. The van der Waals surface area contributed by atoms with Gasteiger partial charge in [0.15, 0.2) is 0 Å². The number of nitrogens with zero attached hydrogens (tertiary/aromatic N) is 2. The van der Waals surface area contributed by atoms with Crippen molar-refractivity contribution < 1.29 is 14.5 Å². The first-order chi connectivity index (χ1) is 11.5. The van der Waals surface area contributed by atoms with Crippen molar-refractivity contribution in [2.24, 2.45) is 5.92 Å². The minimum Gasteiger partial charge on any atom is -0.335 e. The van der Waals surface area contributed by atoms with Gasteiger partial charge in [-0.25, -0.2) is 4.79 Å². The van der Waals surface area contributed by atoms with Crippen LogP contribution in [0.25, 0.3) is 0 Å². The normalized spacial score (nSPS) is 18.1. The molecule has 1 aliphatic heterocycles. The van der Waals surface area contributed by atoms with E-state index in [4.69, 9.17) is 0 Å². The van der Waals surface area contributed by atoms with E-state index < -0.39 is 4.92 Å². The van der Waals surface area contributed by atoms with E-state index in [-0.39, 0.29) is 23.5 Å². The number of nitrogens with one attached hydrogen (secondary N) is 2. The maximum atomic E-state index is 12.3. The van der Waals surface area contributed by atoms with Crippen LogP contribution in [-0.4, -0.2) is 40.9 Å².